The molecule has 1 N–H and O–H groups in total. The molecule has 10 heteroatoms. The van der Waals surface area contributed by atoms with Crippen LogP contribution in [0.5, 0.6) is 5.75 Å². The van der Waals surface area contributed by atoms with Crippen molar-refractivity contribution >= 4 is 26.6 Å². The van der Waals surface area contributed by atoms with Crippen LogP contribution in [-0.4, -0.2) is 39.5 Å². The fourth-order valence-electron chi connectivity index (χ4n) is 4.89. The summed E-state index contributed by atoms with van der Waals surface area (Å²) in [6, 6.07) is 8.60. The Morgan fingerprint density at radius 1 is 1.18 bits per heavy atom. The van der Waals surface area contributed by atoms with Crippen molar-refractivity contribution < 1.29 is 17.5 Å². The minimum absolute atomic E-state index is 0.307. The second-order valence-electron chi connectivity index (χ2n) is 9.41. The van der Waals surface area contributed by atoms with Crippen LogP contribution in [0.1, 0.15) is 38.3 Å². The summed E-state index contributed by atoms with van der Waals surface area (Å²) in [5.74, 6) is 1.27. The van der Waals surface area contributed by atoms with Gasteiger partial charge in [0.15, 0.2) is 11.6 Å². The van der Waals surface area contributed by atoms with Gasteiger partial charge in [-0.1, -0.05) is 12.1 Å². The summed E-state index contributed by atoms with van der Waals surface area (Å²) < 4.78 is 50.6. The van der Waals surface area contributed by atoms with E-state index in [1.165, 1.54) is 10.0 Å². The minimum atomic E-state index is -3.46. The van der Waals surface area contributed by atoms with Crippen LogP contribution in [0.25, 0.3) is 27.7 Å². The molecule has 176 valence electrons. The molecule has 0 atom stereocenters. The number of ether oxygens (including phenoxy) is 1. The highest BCUT2D eigenvalue weighted by Gasteiger charge is 2.39. The van der Waals surface area contributed by atoms with Gasteiger partial charge in [-0.05, 0) is 57.4 Å². The van der Waals surface area contributed by atoms with E-state index in [0.717, 1.165) is 0 Å². The SMILES string of the molecule is COc1c(-c2cccc3c2ccn3S(=O)(=O)C2CC2)cc(F)c2c1-n1c(C)nnc1C(C)(C)N2. The van der Waals surface area contributed by atoms with Gasteiger partial charge in [-0.15, -0.1) is 10.2 Å². The van der Waals surface area contributed by atoms with E-state index in [2.05, 4.69) is 15.5 Å². The molecule has 2 aromatic heterocycles. The molecule has 0 saturated heterocycles. The molecule has 1 saturated carbocycles. The summed E-state index contributed by atoms with van der Waals surface area (Å²) in [4.78, 5) is 0. The quantitative estimate of drug-likeness (QED) is 0.466. The first kappa shape index (κ1) is 21.2. The van der Waals surface area contributed by atoms with Crippen molar-refractivity contribution in [3.05, 3.63) is 54.0 Å². The van der Waals surface area contributed by atoms with E-state index in [1.807, 2.05) is 31.4 Å². The zero-order chi connectivity index (χ0) is 24.0. The molecule has 0 spiro atoms. The van der Waals surface area contributed by atoms with E-state index in [4.69, 9.17) is 4.74 Å². The number of methoxy groups -OCH3 is 1. The highest BCUT2D eigenvalue weighted by molar-refractivity contribution is 7.91. The van der Waals surface area contributed by atoms with Crippen molar-refractivity contribution in [3.8, 4) is 22.6 Å². The van der Waals surface area contributed by atoms with Crippen molar-refractivity contribution in [1.29, 1.82) is 0 Å². The average Bonchev–Trinajstić information content (AvgIpc) is 3.45. The van der Waals surface area contributed by atoms with Gasteiger partial charge >= 0.3 is 0 Å². The van der Waals surface area contributed by atoms with Gasteiger partial charge in [0, 0.05) is 17.1 Å². The van der Waals surface area contributed by atoms with Gasteiger partial charge < -0.3 is 10.1 Å². The summed E-state index contributed by atoms with van der Waals surface area (Å²) in [5.41, 5.74) is 1.92. The van der Waals surface area contributed by atoms with Gasteiger partial charge in [-0.2, -0.15) is 0 Å². The Hall–Kier alpha value is -3.40. The molecule has 34 heavy (non-hydrogen) atoms. The molecule has 1 aliphatic carbocycles. The second kappa shape index (κ2) is 6.82. The van der Waals surface area contributed by atoms with Gasteiger partial charge in [0.1, 0.15) is 17.3 Å². The maximum absolute atomic E-state index is 15.6. The van der Waals surface area contributed by atoms with Crippen molar-refractivity contribution in [2.75, 3.05) is 12.4 Å². The summed E-state index contributed by atoms with van der Waals surface area (Å²) in [7, 11) is -1.92. The first-order valence-electron chi connectivity index (χ1n) is 11.1. The van der Waals surface area contributed by atoms with Crippen LogP contribution in [0.4, 0.5) is 10.1 Å². The third-order valence-electron chi connectivity index (χ3n) is 6.66. The highest BCUT2D eigenvalue weighted by Crippen LogP contribution is 2.48. The number of benzene rings is 2. The third-order valence-corrected chi connectivity index (χ3v) is 8.84. The fourth-order valence-corrected chi connectivity index (χ4v) is 6.60. The number of hydrogen-bond donors (Lipinski definition) is 1. The van der Waals surface area contributed by atoms with E-state index in [1.54, 1.807) is 31.5 Å². The monoisotopic (exact) mass is 481 g/mol. The van der Waals surface area contributed by atoms with Gasteiger partial charge in [0.25, 0.3) is 0 Å². The summed E-state index contributed by atoms with van der Waals surface area (Å²) in [5, 5.41) is 12.2. The van der Waals surface area contributed by atoms with Gasteiger partial charge in [-0.3, -0.25) is 4.57 Å². The predicted octanol–water partition coefficient (Wildman–Crippen LogP) is 4.35. The Morgan fingerprint density at radius 2 is 1.94 bits per heavy atom. The topological polar surface area (TPSA) is 91.0 Å². The second-order valence-corrected chi connectivity index (χ2v) is 11.5. The van der Waals surface area contributed by atoms with Crippen LogP contribution in [0.3, 0.4) is 0 Å². The third kappa shape index (κ3) is 2.78. The molecule has 1 fully saturated rings. The molecular formula is C24H24FN5O3S. The van der Waals surface area contributed by atoms with Crippen LogP contribution in [-0.2, 0) is 15.6 Å². The minimum Gasteiger partial charge on any atom is -0.494 e. The Balaban J connectivity index is 1.64. The molecule has 1 aliphatic heterocycles. The van der Waals surface area contributed by atoms with Crippen molar-refractivity contribution in [2.24, 2.45) is 0 Å². The van der Waals surface area contributed by atoms with Gasteiger partial charge in [0.2, 0.25) is 10.0 Å². The number of fused-ring (bicyclic) bond motifs is 4. The number of nitrogens with one attached hydrogen (secondary N) is 1. The lowest BCUT2D eigenvalue weighted by atomic mass is 9.95. The van der Waals surface area contributed by atoms with Gasteiger partial charge in [0.05, 0.1) is 29.1 Å². The molecule has 3 heterocycles. The Kier molecular flexibility index (Phi) is 4.24. The van der Waals surface area contributed by atoms with E-state index in [9.17, 15) is 8.42 Å². The molecule has 2 aliphatic rings. The molecule has 0 unspecified atom stereocenters. The number of aromatic nitrogens is 4. The lowest BCUT2D eigenvalue weighted by Gasteiger charge is -2.35. The zero-order valence-electron chi connectivity index (χ0n) is 19.3. The molecule has 8 nitrogen and oxygen atoms in total. The smallest absolute Gasteiger partial charge is 0.241 e. The maximum atomic E-state index is 15.6. The summed E-state index contributed by atoms with van der Waals surface area (Å²) in [6.45, 7) is 5.65. The first-order chi connectivity index (χ1) is 16.1. The molecule has 2 aromatic carbocycles. The highest BCUT2D eigenvalue weighted by atomic mass is 32.2. The standard InChI is InChI=1S/C24H24FN5O3S/c1-13-27-28-23-24(2,3)26-20-18(25)12-17(22(33-4)21(20)30(13)23)15-6-5-7-19-16(15)10-11-29(19)34(31,32)14-8-9-14/h5-7,10-12,14,26H,8-9H2,1-4H3. The Labute approximate surface area is 196 Å². The fraction of sp³-hybridized carbons (Fsp3) is 0.333. The van der Waals surface area contributed by atoms with Crippen LogP contribution >= 0.6 is 0 Å². The Bertz CT molecular complexity index is 1600. The van der Waals surface area contributed by atoms with E-state index in [-0.39, 0.29) is 5.25 Å². The van der Waals surface area contributed by atoms with Gasteiger partial charge in [-0.25, -0.2) is 16.8 Å². The van der Waals surface area contributed by atoms with Crippen LogP contribution in [0, 0.1) is 12.7 Å². The predicted molar refractivity (Wildman–Crippen MR) is 128 cm³/mol. The van der Waals surface area contributed by atoms with E-state index < -0.39 is 21.4 Å². The average molecular weight is 482 g/mol. The lowest BCUT2D eigenvalue weighted by molar-refractivity contribution is 0.409. The lowest BCUT2D eigenvalue weighted by Crippen LogP contribution is -2.36. The number of anilines is 1. The van der Waals surface area contributed by atoms with Crippen molar-refractivity contribution in [1.82, 2.24) is 18.7 Å². The van der Waals surface area contributed by atoms with Crippen LogP contribution in [0.2, 0.25) is 0 Å². The molecule has 0 amide bonds. The summed E-state index contributed by atoms with van der Waals surface area (Å²) >= 11 is 0. The number of nitrogens with zero attached hydrogens (tertiary/aromatic N) is 4. The number of hydrogen-bond acceptors (Lipinski definition) is 6. The largest absolute Gasteiger partial charge is 0.494 e. The number of halogens is 1. The van der Waals surface area contributed by atoms with Crippen molar-refractivity contribution in [2.45, 2.75) is 44.4 Å². The number of aryl methyl sites for hydroxylation is 1. The van der Waals surface area contributed by atoms with Crippen LogP contribution < -0.4 is 10.1 Å². The molecule has 6 rings (SSSR count). The normalized spacial score (nSPS) is 16.7. The van der Waals surface area contributed by atoms with Crippen LogP contribution in [0.15, 0.2) is 36.5 Å². The molecule has 0 radical (unpaired) electrons. The van der Waals surface area contributed by atoms with Crippen molar-refractivity contribution in [3.63, 3.8) is 0 Å². The zero-order valence-corrected chi connectivity index (χ0v) is 20.1. The maximum Gasteiger partial charge on any atom is 0.241 e. The van der Waals surface area contributed by atoms with E-state index in [0.29, 0.717) is 63.6 Å². The molecule has 0 bridgehead atoms. The summed E-state index contributed by atoms with van der Waals surface area (Å²) in [6.07, 6.45) is 2.93. The molecule has 4 aromatic rings. The Morgan fingerprint density at radius 3 is 2.65 bits per heavy atom. The molecular weight excluding hydrogens is 457 g/mol. The first-order valence-corrected chi connectivity index (χ1v) is 12.6. The van der Waals surface area contributed by atoms with E-state index >= 15 is 4.39 Å². The number of rotatable bonds is 4.